The van der Waals surface area contributed by atoms with Crippen LogP contribution in [-0.4, -0.2) is 49.5 Å². The topological polar surface area (TPSA) is 118 Å². The minimum atomic E-state index is -0.503. The summed E-state index contributed by atoms with van der Waals surface area (Å²) in [6, 6.07) is -1.00. The average molecular weight is 419 g/mol. The molecule has 0 aliphatic rings. The van der Waals surface area contributed by atoms with Gasteiger partial charge in [0.05, 0.1) is 25.2 Å². The Morgan fingerprint density at radius 2 is 1.37 bits per heavy atom. The van der Waals surface area contributed by atoms with E-state index in [9.17, 15) is 19.2 Å². The summed E-state index contributed by atoms with van der Waals surface area (Å²) in [6.45, 7) is 12.9. The van der Waals surface area contributed by atoms with E-state index >= 15 is 0 Å². The Kier molecular flexibility index (Phi) is 12.6. The normalized spacial score (nSPS) is 15.3. The molecule has 0 fully saturated rings. The summed E-state index contributed by atoms with van der Waals surface area (Å²) in [5.74, 6) is 0.0964. The van der Waals surface area contributed by atoms with Crippen LogP contribution in [0.4, 0.5) is 0 Å². The first-order chi connectivity index (χ1) is 14.0. The molecule has 0 saturated carbocycles. The summed E-state index contributed by atoms with van der Waals surface area (Å²) in [7, 11) is 0. The molecule has 0 saturated heterocycles. The van der Waals surface area contributed by atoms with Gasteiger partial charge >= 0.3 is 0 Å². The maximum Gasteiger partial charge on any atom is 0.235 e. The van der Waals surface area contributed by atoms with Gasteiger partial charge < -0.3 is 0 Å². The van der Waals surface area contributed by atoms with E-state index in [1.54, 1.807) is 24.3 Å². The summed E-state index contributed by atoms with van der Waals surface area (Å²) in [5.41, 5.74) is -0.352. The average Bonchev–Trinajstić information content (AvgIpc) is 2.63. The maximum atomic E-state index is 11.1. The number of rotatable bonds is 15. The molecule has 0 bridgehead atoms. The van der Waals surface area contributed by atoms with Gasteiger partial charge in [0.1, 0.15) is 0 Å². The Morgan fingerprint density at radius 3 is 1.90 bits per heavy atom. The molecule has 0 radical (unpaired) electrons. The van der Waals surface area contributed by atoms with Crippen molar-refractivity contribution in [1.29, 1.82) is 0 Å². The van der Waals surface area contributed by atoms with Gasteiger partial charge in [0.15, 0.2) is 0 Å². The van der Waals surface area contributed by atoms with Crippen LogP contribution >= 0.6 is 0 Å². The molecule has 0 aliphatic carbocycles. The molecule has 4 unspecified atom stereocenters. The van der Waals surface area contributed by atoms with Crippen LogP contribution in [0, 0.1) is 22.7 Å². The minimum Gasteiger partial charge on any atom is -0.211 e. The Hall–Kier alpha value is -2.48. The van der Waals surface area contributed by atoms with Crippen LogP contribution in [0.2, 0.25) is 0 Å². The molecule has 8 heteroatoms. The highest BCUT2D eigenvalue weighted by molar-refractivity contribution is 5.36. The highest BCUT2D eigenvalue weighted by atomic mass is 16.1. The molecule has 4 atom stereocenters. The van der Waals surface area contributed by atoms with Crippen LogP contribution in [0.25, 0.3) is 0 Å². The molecule has 0 N–H and O–H groups in total. The van der Waals surface area contributed by atoms with Crippen molar-refractivity contribution in [3.63, 3.8) is 0 Å². The number of isocyanates is 4. The Balaban J connectivity index is 5.39. The third-order valence-electron chi connectivity index (χ3n) is 5.35. The Morgan fingerprint density at radius 1 is 0.767 bits per heavy atom. The number of aliphatic imine (C=N–C) groups is 4. The lowest BCUT2D eigenvalue weighted by atomic mass is 9.75. The van der Waals surface area contributed by atoms with Gasteiger partial charge in [-0.3, -0.25) is 0 Å². The van der Waals surface area contributed by atoms with Gasteiger partial charge in [0.2, 0.25) is 24.3 Å². The van der Waals surface area contributed by atoms with Crippen molar-refractivity contribution in [2.75, 3.05) is 13.1 Å². The van der Waals surface area contributed by atoms with Crippen molar-refractivity contribution in [2.24, 2.45) is 42.6 Å². The SMILES string of the molecule is CC(CC(N=C=O)C(N=C=O)C(C)CC(C)(C)CCN=C=O)CC(C)(C)CN=C=O. The zero-order valence-electron chi connectivity index (χ0n) is 19.0. The first-order valence-corrected chi connectivity index (χ1v) is 10.2. The summed E-state index contributed by atoms with van der Waals surface area (Å²) < 4.78 is 0. The van der Waals surface area contributed by atoms with Gasteiger partial charge in [0.25, 0.3) is 0 Å². The first kappa shape index (κ1) is 27.5. The Labute approximate surface area is 179 Å². The fourth-order valence-electron chi connectivity index (χ4n) is 4.24. The van der Waals surface area contributed by atoms with E-state index in [-0.39, 0.29) is 22.7 Å². The maximum absolute atomic E-state index is 11.1. The van der Waals surface area contributed by atoms with Crippen molar-refractivity contribution in [3.05, 3.63) is 0 Å². The zero-order chi connectivity index (χ0) is 23.2. The van der Waals surface area contributed by atoms with E-state index in [0.717, 1.165) is 6.42 Å². The third kappa shape index (κ3) is 11.5. The van der Waals surface area contributed by atoms with E-state index in [2.05, 4.69) is 33.8 Å². The second-order valence-corrected chi connectivity index (χ2v) is 9.68. The molecule has 0 aromatic carbocycles. The third-order valence-corrected chi connectivity index (χ3v) is 5.35. The molecule has 0 heterocycles. The van der Waals surface area contributed by atoms with E-state index in [0.29, 0.717) is 32.4 Å². The standard InChI is InChI=1S/C22H34N4O4/c1-17(10-22(5,6)12-24-14-28)9-19(25-15-29)20(26-16-30)18(2)11-21(3,4)7-8-23-13-27/h17-20H,7-12H2,1-6H3. The van der Waals surface area contributed by atoms with E-state index < -0.39 is 12.1 Å². The van der Waals surface area contributed by atoms with Crippen molar-refractivity contribution in [2.45, 2.75) is 79.3 Å². The number of carbonyl (C=O) groups excluding carboxylic acids is 4. The molecule has 0 spiro atoms. The molecule has 0 rings (SSSR count). The second-order valence-electron chi connectivity index (χ2n) is 9.68. The van der Waals surface area contributed by atoms with Crippen LogP contribution in [-0.2, 0) is 19.2 Å². The number of hydrogen-bond donors (Lipinski definition) is 0. The molecule has 8 nitrogen and oxygen atoms in total. The molecule has 166 valence electrons. The smallest absolute Gasteiger partial charge is 0.211 e. The molecular weight excluding hydrogens is 384 g/mol. The van der Waals surface area contributed by atoms with Crippen LogP contribution in [0.3, 0.4) is 0 Å². The van der Waals surface area contributed by atoms with Crippen molar-refractivity contribution < 1.29 is 19.2 Å². The lowest BCUT2D eigenvalue weighted by Crippen LogP contribution is -2.34. The fraction of sp³-hybridized carbons (Fsp3) is 0.818. The number of hydrogen-bond acceptors (Lipinski definition) is 8. The molecule has 0 amide bonds. The summed E-state index contributed by atoms with van der Waals surface area (Å²) >= 11 is 0. The van der Waals surface area contributed by atoms with Crippen LogP contribution < -0.4 is 0 Å². The lowest BCUT2D eigenvalue weighted by Gasteiger charge is -2.33. The van der Waals surface area contributed by atoms with E-state index in [1.807, 2.05) is 27.7 Å². The zero-order valence-corrected chi connectivity index (χ0v) is 19.0. The lowest BCUT2D eigenvalue weighted by molar-refractivity contribution is 0.211. The summed E-state index contributed by atoms with van der Waals surface area (Å²) in [5, 5.41) is 0. The van der Waals surface area contributed by atoms with Gasteiger partial charge in [-0.2, -0.15) is 4.99 Å². The Bertz CT molecular complexity index is 723. The predicted octanol–water partition coefficient (Wildman–Crippen LogP) is 3.95. The van der Waals surface area contributed by atoms with Gasteiger partial charge in [-0.15, -0.1) is 0 Å². The quantitative estimate of drug-likeness (QED) is 0.295. The van der Waals surface area contributed by atoms with Crippen molar-refractivity contribution >= 4 is 24.3 Å². The second kappa shape index (κ2) is 13.7. The monoisotopic (exact) mass is 418 g/mol. The molecular formula is C22H34N4O4. The summed E-state index contributed by atoms with van der Waals surface area (Å²) in [4.78, 5) is 58.1. The predicted molar refractivity (Wildman–Crippen MR) is 114 cm³/mol. The van der Waals surface area contributed by atoms with Crippen LogP contribution in [0.5, 0.6) is 0 Å². The van der Waals surface area contributed by atoms with Crippen molar-refractivity contribution in [1.82, 2.24) is 0 Å². The van der Waals surface area contributed by atoms with Gasteiger partial charge in [-0.25, -0.2) is 34.2 Å². The summed E-state index contributed by atoms with van der Waals surface area (Å²) in [6.07, 6.45) is 9.06. The fourth-order valence-corrected chi connectivity index (χ4v) is 4.24. The van der Waals surface area contributed by atoms with Crippen LogP contribution in [0.1, 0.15) is 67.2 Å². The van der Waals surface area contributed by atoms with E-state index in [1.165, 1.54) is 0 Å². The van der Waals surface area contributed by atoms with Crippen molar-refractivity contribution in [3.8, 4) is 0 Å². The van der Waals surface area contributed by atoms with Gasteiger partial charge in [0, 0.05) is 0 Å². The number of nitrogens with zero attached hydrogens (tertiary/aromatic N) is 4. The highest BCUT2D eigenvalue weighted by Gasteiger charge is 2.33. The molecule has 0 aromatic heterocycles. The molecule has 0 aliphatic heterocycles. The highest BCUT2D eigenvalue weighted by Crippen LogP contribution is 2.35. The minimum absolute atomic E-state index is 0.0522. The van der Waals surface area contributed by atoms with Gasteiger partial charge in [-0.05, 0) is 48.3 Å². The molecule has 0 aromatic rings. The largest absolute Gasteiger partial charge is 0.235 e. The first-order valence-electron chi connectivity index (χ1n) is 10.2. The molecule has 30 heavy (non-hydrogen) atoms. The van der Waals surface area contributed by atoms with E-state index in [4.69, 9.17) is 0 Å². The van der Waals surface area contributed by atoms with Crippen LogP contribution in [0.15, 0.2) is 20.0 Å². The van der Waals surface area contributed by atoms with Gasteiger partial charge in [-0.1, -0.05) is 41.5 Å².